The molecule has 6 heteroatoms. The van der Waals surface area contributed by atoms with Crippen molar-refractivity contribution in [3.05, 3.63) is 23.9 Å². The maximum Gasteiger partial charge on any atom is 0.419 e. The van der Waals surface area contributed by atoms with Crippen molar-refractivity contribution in [1.82, 2.24) is 4.57 Å². The van der Waals surface area contributed by atoms with Gasteiger partial charge >= 0.3 is 12.1 Å². The third-order valence-corrected chi connectivity index (χ3v) is 2.95. The van der Waals surface area contributed by atoms with Crippen molar-refractivity contribution in [2.45, 2.75) is 40.2 Å². The Morgan fingerprint density at radius 1 is 1.23 bits per heavy atom. The molecule has 0 unspecified atom stereocenters. The summed E-state index contributed by atoms with van der Waals surface area (Å²) in [5, 5.41) is 10.1. The smallest absolute Gasteiger partial charge is 0.419 e. The van der Waals surface area contributed by atoms with Crippen molar-refractivity contribution in [3.63, 3.8) is 0 Å². The molecule has 0 bridgehead atoms. The molecule has 1 N–H and O–H groups in total. The number of nitrogens with zero attached hydrogens (tertiary/aromatic N) is 1. The number of ether oxygens (including phenoxy) is 2. The minimum absolute atomic E-state index is 0.0160. The second-order valence-corrected chi connectivity index (χ2v) is 6.03. The first kappa shape index (κ1) is 15.9. The summed E-state index contributed by atoms with van der Waals surface area (Å²) in [5.41, 5.74) is 0.282. The fourth-order valence-corrected chi connectivity index (χ4v) is 2.19. The molecule has 1 aromatic heterocycles. The Kier molecular flexibility index (Phi) is 3.87. The zero-order valence-electron chi connectivity index (χ0n) is 13.3. The first-order valence-corrected chi connectivity index (χ1v) is 6.86. The second kappa shape index (κ2) is 5.36. The number of phenolic OH excluding ortho intramolecular Hbond substituents is 1. The molecular weight excluding hydrogens is 286 g/mol. The van der Waals surface area contributed by atoms with Crippen LogP contribution in [-0.4, -0.2) is 27.3 Å². The summed E-state index contributed by atoms with van der Waals surface area (Å²) in [6.45, 7) is 8.23. The summed E-state index contributed by atoms with van der Waals surface area (Å²) < 4.78 is 11.9. The van der Waals surface area contributed by atoms with Crippen molar-refractivity contribution in [2.75, 3.05) is 0 Å². The Hall–Kier alpha value is -2.50. The molecule has 0 fully saturated rings. The van der Waals surface area contributed by atoms with E-state index in [1.165, 1.54) is 23.6 Å². The molecule has 0 amide bonds. The Morgan fingerprint density at radius 3 is 2.41 bits per heavy atom. The van der Waals surface area contributed by atoms with Crippen LogP contribution in [0.2, 0.25) is 0 Å². The molecule has 0 aliphatic rings. The van der Waals surface area contributed by atoms with E-state index in [0.29, 0.717) is 16.6 Å². The van der Waals surface area contributed by atoms with Crippen LogP contribution in [0.4, 0.5) is 4.79 Å². The Labute approximate surface area is 128 Å². The molecule has 118 valence electrons. The number of hydrogen-bond acceptors (Lipinski definition) is 5. The van der Waals surface area contributed by atoms with E-state index < -0.39 is 17.7 Å². The minimum Gasteiger partial charge on any atom is -0.508 e. The molecule has 0 aliphatic heterocycles. The second-order valence-electron chi connectivity index (χ2n) is 6.03. The number of fused-ring (bicyclic) bond motifs is 1. The van der Waals surface area contributed by atoms with E-state index >= 15 is 0 Å². The van der Waals surface area contributed by atoms with Gasteiger partial charge in [-0.1, -0.05) is 0 Å². The van der Waals surface area contributed by atoms with E-state index in [4.69, 9.17) is 9.47 Å². The number of esters is 1. The van der Waals surface area contributed by atoms with Crippen LogP contribution in [0.3, 0.4) is 0 Å². The summed E-state index contributed by atoms with van der Waals surface area (Å²) >= 11 is 0. The fourth-order valence-electron chi connectivity index (χ4n) is 2.19. The van der Waals surface area contributed by atoms with Crippen molar-refractivity contribution >= 4 is 23.0 Å². The average molecular weight is 305 g/mol. The van der Waals surface area contributed by atoms with Crippen LogP contribution in [0.1, 0.15) is 33.4 Å². The van der Waals surface area contributed by atoms with Gasteiger partial charge in [0.2, 0.25) is 0 Å². The van der Waals surface area contributed by atoms with Crippen LogP contribution < -0.4 is 4.74 Å². The molecule has 0 atom stereocenters. The van der Waals surface area contributed by atoms with Gasteiger partial charge < -0.3 is 14.6 Å². The lowest BCUT2D eigenvalue weighted by Gasteiger charge is -2.20. The van der Waals surface area contributed by atoms with Gasteiger partial charge in [-0.05, 0) is 45.9 Å². The van der Waals surface area contributed by atoms with Gasteiger partial charge in [0.15, 0.2) is 5.75 Å². The monoisotopic (exact) mass is 305 g/mol. The molecule has 2 aromatic rings. The summed E-state index contributed by atoms with van der Waals surface area (Å²) in [5.74, 6) is -0.249. The highest BCUT2D eigenvalue weighted by Crippen LogP contribution is 2.35. The molecule has 0 radical (unpaired) electrons. The standard InChI is InChI=1S/C16H19NO5/c1-9-14(21-10(2)18)12-8-11(19)6-7-13(12)17(9)15(20)22-16(3,4)5/h6-8,19H,1-5H3. The summed E-state index contributed by atoms with van der Waals surface area (Å²) in [6, 6.07) is 4.48. The zero-order chi connectivity index (χ0) is 16.7. The highest BCUT2D eigenvalue weighted by Gasteiger charge is 2.25. The van der Waals surface area contributed by atoms with E-state index in [0.717, 1.165) is 0 Å². The summed E-state index contributed by atoms with van der Waals surface area (Å²) in [4.78, 5) is 23.7. The summed E-state index contributed by atoms with van der Waals surface area (Å²) in [6.07, 6.45) is -0.570. The number of carbonyl (C=O) groups excluding carboxylic acids is 2. The van der Waals surface area contributed by atoms with Gasteiger partial charge in [-0.25, -0.2) is 9.36 Å². The Bertz CT molecular complexity index is 752. The first-order valence-electron chi connectivity index (χ1n) is 6.86. The molecule has 0 spiro atoms. The maximum atomic E-state index is 12.4. The first-order chi connectivity index (χ1) is 10.1. The molecule has 1 heterocycles. The molecule has 0 saturated carbocycles. The largest absolute Gasteiger partial charge is 0.508 e. The number of benzene rings is 1. The van der Waals surface area contributed by atoms with Crippen molar-refractivity contribution in [2.24, 2.45) is 0 Å². The molecule has 1 aromatic carbocycles. The SMILES string of the molecule is CC(=O)Oc1c(C)n(C(=O)OC(C)(C)C)c2ccc(O)cc12. The van der Waals surface area contributed by atoms with Crippen LogP contribution in [0, 0.1) is 6.92 Å². The Morgan fingerprint density at radius 2 is 1.86 bits per heavy atom. The van der Waals surface area contributed by atoms with Crippen LogP contribution in [0.15, 0.2) is 18.2 Å². The van der Waals surface area contributed by atoms with Crippen molar-refractivity contribution in [1.29, 1.82) is 0 Å². The van der Waals surface area contributed by atoms with Crippen LogP contribution >= 0.6 is 0 Å². The van der Waals surface area contributed by atoms with E-state index in [9.17, 15) is 14.7 Å². The number of carbonyl (C=O) groups is 2. The third-order valence-electron chi connectivity index (χ3n) is 2.95. The predicted octanol–water partition coefficient (Wildman–Crippen LogP) is 3.36. The van der Waals surface area contributed by atoms with E-state index in [-0.39, 0.29) is 11.5 Å². The fraction of sp³-hybridized carbons (Fsp3) is 0.375. The van der Waals surface area contributed by atoms with Gasteiger partial charge in [0, 0.05) is 12.3 Å². The lowest BCUT2D eigenvalue weighted by molar-refractivity contribution is -0.131. The molecule has 0 aliphatic carbocycles. The number of rotatable bonds is 1. The predicted molar refractivity (Wildman–Crippen MR) is 81.3 cm³/mol. The van der Waals surface area contributed by atoms with Gasteiger partial charge in [0.05, 0.1) is 11.2 Å². The van der Waals surface area contributed by atoms with E-state index in [1.807, 2.05) is 0 Å². The quantitative estimate of drug-likeness (QED) is 0.817. The molecule has 0 saturated heterocycles. The van der Waals surface area contributed by atoms with Crippen LogP contribution in [-0.2, 0) is 9.53 Å². The third kappa shape index (κ3) is 3.05. The number of aromatic hydroxyl groups is 1. The Balaban J connectivity index is 2.66. The van der Waals surface area contributed by atoms with Gasteiger partial charge in [-0.2, -0.15) is 0 Å². The van der Waals surface area contributed by atoms with Crippen molar-refractivity contribution < 1.29 is 24.2 Å². The van der Waals surface area contributed by atoms with Gasteiger partial charge in [-0.15, -0.1) is 0 Å². The van der Waals surface area contributed by atoms with Gasteiger partial charge in [0.25, 0.3) is 0 Å². The molecular formula is C16H19NO5. The van der Waals surface area contributed by atoms with Crippen LogP contribution in [0.25, 0.3) is 10.9 Å². The van der Waals surface area contributed by atoms with E-state index in [1.54, 1.807) is 33.8 Å². The van der Waals surface area contributed by atoms with Crippen LogP contribution in [0.5, 0.6) is 11.5 Å². The van der Waals surface area contributed by atoms with E-state index in [2.05, 4.69) is 0 Å². The highest BCUT2D eigenvalue weighted by molar-refractivity contribution is 5.97. The van der Waals surface area contributed by atoms with Gasteiger partial charge in [0.1, 0.15) is 11.4 Å². The zero-order valence-corrected chi connectivity index (χ0v) is 13.3. The number of aromatic nitrogens is 1. The minimum atomic E-state index is -0.654. The highest BCUT2D eigenvalue weighted by atomic mass is 16.6. The number of phenols is 1. The molecule has 6 nitrogen and oxygen atoms in total. The lowest BCUT2D eigenvalue weighted by atomic mass is 10.2. The number of hydrogen-bond donors (Lipinski definition) is 1. The normalized spacial score (nSPS) is 11.5. The topological polar surface area (TPSA) is 77.8 Å². The van der Waals surface area contributed by atoms with Crippen molar-refractivity contribution in [3.8, 4) is 11.5 Å². The maximum absolute atomic E-state index is 12.4. The lowest BCUT2D eigenvalue weighted by Crippen LogP contribution is -2.27. The van der Waals surface area contributed by atoms with Gasteiger partial charge in [-0.3, -0.25) is 4.79 Å². The molecule has 2 rings (SSSR count). The average Bonchev–Trinajstić information content (AvgIpc) is 2.60. The molecule has 22 heavy (non-hydrogen) atoms. The summed E-state index contributed by atoms with van der Waals surface area (Å²) in [7, 11) is 0.